The predicted octanol–water partition coefficient (Wildman–Crippen LogP) is 10.0. The van der Waals surface area contributed by atoms with Crippen molar-refractivity contribution in [2.24, 2.45) is 10.8 Å². The molecule has 1 saturated carbocycles. The first-order valence-corrected chi connectivity index (χ1v) is 18.6. The van der Waals surface area contributed by atoms with Gasteiger partial charge in [-0.05, 0) is 12.8 Å². The molecule has 4 N–H and O–H groups in total. The Morgan fingerprint density at radius 3 is 0.463 bits per heavy atom. The van der Waals surface area contributed by atoms with Gasteiger partial charge in [0, 0.05) is 10.8 Å². The van der Waals surface area contributed by atoms with Crippen LogP contribution in [0, 0.1) is 10.8 Å². The zero-order valence-corrected chi connectivity index (χ0v) is 27.5. The summed E-state index contributed by atoms with van der Waals surface area (Å²) in [6.45, 7) is -0.704. The highest BCUT2D eigenvalue weighted by Crippen LogP contribution is 2.46. The van der Waals surface area contributed by atoms with Crippen LogP contribution in [0.1, 0.15) is 199 Å². The molecule has 0 aromatic carbocycles. The van der Waals surface area contributed by atoms with Crippen LogP contribution >= 0.6 is 0 Å². The summed E-state index contributed by atoms with van der Waals surface area (Å²) >= 11 is 0. The van der Waals surface area contributed by atoms with Gasteiger partial charge in [-0.2, -0.15) is 0 Å². The molecule has 0 heterocycles. The molecule has 0 aromatic heterocycles. The van der Waals surface area contributed by atoms with Crippen LogP contribution in [0.3, 0.4) is 0 Å². The lowest BCUT2D eigenvalue weighted by Crippen LogP contribution is -2.52. The van der Waals surface area contributed by atoms with Crippen LogP contribution in [0.15, 0.2) is 0 Å². The molecule has 246 valence electrons. The first kappa shape index (κ1) is 38.9. The van der Waals surface area contributed by atoms with Crippen LogP contribution in [-0.4, -0.2) is 46.9 Å². The maximum Gasteiger partial charge on any atom is 0.0516 e. The quantitative estimate of drug-likeness (QED) is 0.266. The second-order valence-electron chi connectivity index (χ2n) is 13.9. The third kappa shape index (κ3) is 17.7. The maximum absolute atomic E-state index is 10.4. The molecule has 0 bridgehead atoms. The third-order valence-electron chi connectivity index (χ3n) is 10.6. The smallest absolute Gasteiger partial charge is 0.0516 e. The molecule has 0 saturated heterocycles. The van der Waals surface area contributed by atoms with Gasteiger partial charge in [0.05, 0.1) is 26.4 Å². The average molecular weight is 583 g/mol. The van der Waals surface area contributed by atoms with Gasteiger partial charge < -0.3 is 20.4 Å². The third-order valence-corrected chi connectivity index (χ3v) is 10.6. The summed E-state index contributed by atoms with van der Waals surface area (Å²) in [6, 6.07) is 0. The highest BCUT2D eigenvalue weighted by Gasteiger charge is 2.49. The van der Waals surface area contributed by atoms with Crippen molar-refractivity contribution in [1.82, 2.24) is 0 Å². The zero-order chi connectivity index (χ0) is 29.7. The summed E-state index contributed by atoms with van der Waals surface area (Å²) in [5, 5.41) is 41.6. The SMILES string of the molecule is OCC1(CO)CCCCCCCCCCCCCCCCCCCCCCCCCCCCCCCC1(CO)CO. The maximum atomic E-state index is 10.4. The largest absolute Gasteiger partial charge is 0.396 e. The molecular weight excluding hydrogens is 508 g/mol. The summed E-state index contributed by atoms with van der Waals surface area (Å²) in [5.41, 5.74) is -1.62. The number of aliphatic hydroxyl groups excluding tert-OH is 4. The molecule has 0 aromatic rings. The minimum atomic E-state index is -0.811. The van der Waals surface area contributed by atoms with Crippen LogP contribution in [0.4, 0.5) is 0 Å². The number of hydrogen-bond acceptors (Lipinski definition) is 4. The van der Waals surface area contributed by atoms with E-state index in [1.165, 1.54) is 161 Å². The van der Waals surface area contributed by atoms with E-state index in [-0.39, 0.29) is 26.4 Å². The Hall–Kier alpha value is -0.160. The second-order valence-corrected chi connectivity index (χ2v) is 13.9. The molecule has 0 aliphatic heterocycles. The molecule has 1 fully saturated rings. The lowest BCUT2D eigenvalue weighted by atomic mass is 9.60. The van der Waals surface area contributed by atoms with Gasteiger partial charge in [-0.25, -0.2) is 0 Å². The van der Waals surface area contributed by atoms with E-state index in [9.17, 15) is 20.4 Å². The summed E-state index contributed by atoms with van der Waals surface area (Å²) < 4.78 is 0. The van der Waals surface area contributed by atoms with Crippen molar-refractivity contribution in [2.45, 2.75) is 199 Å². The van der Waals surface area contributed by atoms with Crippen molar-refractivity contribution in [2.75, 3.05) is 26.4 Å². The molecule has 4 heteroatoms. The average Bonchev–Trinajstić information content (AvgIpc) is 3.00. The summed E-state index contributed by atoms with van der Waals surface area (Å²) in [7, 11) is 0. The molecule has 1 aliphatic rings. The van der Waals surface area contributed by atoms with E-state index in [0.29, 0.717) is 12.8 Å². The zero-order valence-electron chi connectivity index (χ0n) is 27.5. The van der Waals surface area contributed by atoms with Crippen LogP contribution in [0.25, 0.3) is 0 Å². The summed E-state index contributed by atoms with van der Waals surface area (Å²) in [5.74, 6) is 0. The molecule has 4 nitrogen and oxygen atoms in total. The van der Waals surface area contributed by atoms with Crippen LogP contribution < -0.4 is 0 Å². The van der Waals surface area contributed by atoms with Gasteiger partial charge in [0.25, 0.3) is 0 Å². The lowest BCUT2D eigenvalue weighted by Gasteiger charge is -2.47. The van der Waals surface area contributed by atoms with E-state index in [1.54, 1.807) is 0 Å². The van der Waals surface area contributed by atoms with Crippen molar-refractivity contribution in [3.05, 3.63) is 0 Å². The molecule has 0 spiro atoms. The molecule has 1 rings (SSSR count). The fourth-order valence-electron chi connectivity index (χ4n) is 7.32. The van der Waals surface area contributed by atoms with Crippen molar-refractivity contribution < 1.29 is 20.4 Å². The summed E-state index contributed by atoms with van der Waals surface area (Å²) in [6.07, 6.45) is 39.7. The Kier molecular flexibility index (Phi) is 26.0. The van der Waals surface area contributed by atoms with Gasteiger partial charge in [-0.15, -0.1) is 0 Å². The molecule has 0 atom stereocenters. The fourth-order valence-corrected chi connectivity index (χ4v) is 7.32. The number of aliphatic hydroxyl groups is 4. The van der Waals surface area contributed by atoms with Gasteiger partial charge in [-0.1, -0.05) is 186 Å². The first-order chi connectivity index (χ1) is 20.2. The molecule has 41 heavy (non-hydrogen) atoms. The van der Waals surface area contributed by atoms with E-state index in [1.807, 2.05) is 0 Å². The number of hydrogen-bond donors (Lipinski definition) is 4. The monoisotopic (exact) mass is 583 g/mol. The van der Waals surface area contributed by atoms with E-state index in [2.05, 4.69) is 0 Å². The molecule has 0 unspecified atom stereocenters. The Morgan fingerprint density at radius 1 is 0.220 bits per heavy atom. The van der Waals surface area contributed by atoms with Gasteiger partial charge in [0.15, 0.2) is 0 Å². The van der Waals surface area contributed by atoms with Gasteiger partial charge >= 0.3 is 0 Å². The Labute approximate surface area is 256 Å². The Morgan fingerprint density at radius 2 is 0.341 bits per heavy atom. The van der Waals surface area contributed by atoms with E-state index in [4.69, 9.17) is 0 Å². The normalized spacial score (nSPS) is 24.3. The van der Waals surface area contributed by atoms with Gasteiger partial charge in [-0.3, -0.25) is 0 Å². The van der Waals surface area contributed by atoms with Crippen LogP contribution in [0.5, 0.6) is 0 Å². The Balaban J connectivity index is 2.46. The summed E-state index contributed by atoms with van der Waals surface area (Å²) in [4.78, 5) is 0. The standard InChI is InChI=1S/C37H74O4/c38-32-36(33-39)30-28-26-24-22-20-18-16-14-12-10-8-6-4-2-1-3-5-7-9-11-13-15-17-19-21-23-25-27-29-31-37(36,34-40)35-41/h38-41H,1-35H2. The van der Waals surface area contributed by atoms with Crippen molar-refractivity contribution in [1.29, 1.82) is 0 Å². The second kappa shape index (κ2) is 27.4. The van der Waals surface area contributed by atoms with Crippen LogP contribution in [0.2, 0.25) is 0 Å². The highest BCUT2D eigenvalue weighted by atomic mass is 16.3. The van der Waals surface area contributed by atoms with Crippen LogP contribution in [-0.2, 0) is 0 Å². The van der Waals surface area contributed by atoms with E-state index >= 15 is 0 Å². The minimum absolute atomic E-state index is 0.176. The lowest BCUT2D eigenvalue weighted by molar-refractivity contribution is -0.124. The van der Waals surface area contributed by atoms with Gasteiger partial charge in [0.2, 0.25) is 0 Å². The number of rotatable bonds is 4. The predicted molar refractivity (Wildman–Crippen MR) is 176 cm³/mol. The molecule has 1 aliphatic carbocycles. The van der Waals surface area contributed by atoms with Crippen molar-refractivity contribution in [3.8, 4) is 0 Å². The van der Waals surface area contributed by atoms with E-state index in [0.717, 1.165) is 25.7 Å². The molecular formula is C37H74O4. The molecule has 0 amide bonds. The first-order valence-electron chi connectivity index (χ1n) is 18.6. The van der Waals surface area contributed by atoms with Crippen molar-refractivity contribution in [3.63, 3.8) is 0 Å². The Bertz CT molecular complexity index is 483. The molecule has 0 radical (unpaired) electrons. The van der Waals surface area contributed by atoms with Crippen molar-refractivity contribution >= 4 is 0 Å². The topological polar surface area (TPSA) is 80.9 Å². The highest BCUT2D eigenvalue weighted by molar-refractivity contribution is 4.97. The van der Waals surface area contributed by atoms with E-state index < -0.39 is 10.8 Å². The fraction of sp³-hybridized carbons (Fsp3) is 1.00. The minimum Gasteiger partial charge on any atom is -0.396 e. The van der Waals surface area contributed by atoms with Gasteiger partial charge in [0.1, 0.15) is 0 Å².